The zero-order valence-corrected chi connectivity index (χ0v) is 13.2. The van der Waals surface area contributed by atoms with Crippen LogP contribution >= 0.6 is 35.0 Å². The number of piperazine rings is 1. The molecule has 0 unspecified atom stereocenters. The van der Waals surface area contributed by atoms with Crippen molar-refractivity contribution < 1.29 is 4.39 Å². The lowest BCUT2D eigenvalue weighted by molar-refractivity contribution is 0.157. The van der Waals surface area contributed by atoms with Gasteiger partial charge in [0.1, 0.15) is 0 Å². The number of hydrogen-bond acceptors (Lipinski definition) is 2. The van der Waals surface area contributed by atoms with E-state index in [9.17, 15) is 4.39 Å². The fourth-order valence-electron chi connectivity index (χ4n) is 2.34. The molecule has 0 amide bonds. The van der Waals surface area contributed by atoms with E-state index in [0.717, 1.165) is 26.2 Å². The van der Waals surface area contributed by atoms with Crippen molar-refractivity contribution in [2.45, 2.75) is 12.5 Å². The van der Waals surface area contributed by atoms with Crippen LogP contribution in [0, 0.1) is 3.57 Å². The van der Waals surface area contributed by atoms with Gasteiger partial charge in [-0.1, -0.05) is 12.1 Å². The summed E-state index contributed by atoms with van der Waals surface area (Å²) in [5.74, 6) is 0. The van der Waals surface area contributed by atoms with E-state index in [4.69, 9.17) is 0 Å². The quantitative estimate of drug-likeness (QED) is 0.803. The molecule has 1 aliphatic rings. The third-order valence-electron chi connectivity index (χ3n) is 3.23. The summed E-state index contributed by atoms with van der Waals surface area (Å²) in [4.78, 5) is 2.39. The maximum absolute atomic E-state index is 12.7. The lowest BCUT2D eigenvalue weighted by atomic mass is 10.0. The third kappa shape index (κ3) is 4.33. The Bertz CT molecular complexity index is 341. The van der Waals surface area contributed by atoms with Crippen LogP contribution in [-0.2, 0) is 0 Å². The summed E-state index contributed by atoms with van der Waals surface area (Å²) in [6.45, 7) is 3.79. The standard InChI is InChI=1S/C13H18FIN2.ClH/c14-6-5-13(17-9-7-16-8-10-17)11-1-3-12(15)4-2-11;/h1-4,13,16H,5-10H2;1H/t13-;/m0./s1. The Balaban J connectivity index is 0.00000162. The molecule has 1 atom stereocenters. The first-order valence-electron chi connectivity index (χ1n) is 6.07. The molecule has 1 saturated heterocycles. The monoisotopic (exact) mass is 384 g/mol. The van der Waals surface area contributed by atoms with Gasteiger partial charge in [-0.3, -0.25) is 9.29 Å². The number of nitrogens with one attached hydrogen (secondary N) is 1. The highest BCUT2D eigenvalue weighted by Crippen LogP contribution is 2.25. The molecule has 2 nitrogen and oxygen atoms in total. The molecule has 102 valence electrons. The van der Waals surface area contributed by atoms with Crippen LogP contribution in [-0.4, -0.2) is 37.8 Å². The Morgan fingerprint density at radius 1 is 1.22 bits per heavy atom. The van der Waals surface area contributed by atoms with Gasteiger partial charge < -0.3 is 5.32 Å². The van der Waals surface area contributed by atoms with Crippen LogP contribution in [0.3, 0.4) is 0 Å². The summed E-state index contributed by atoms with van der Waals surface area (Å²) in [6, 6.07) is 8.69. The second-order valence-corrected chi connectivity index (χ2v) is 5.58. The molecule has 1 aliphatic heterocycles. The molecule has 0 aliphatic carbocycles. The molecule has 0 spiro atoms. The summed E-state index contributed by atoms with van der Waals surface area (Å²) < 4.78 is 13.9. The first-order valence-corrected chi connectivity index (χ1v) is 7.15. The van der Waals surface area contributed by atoms with Crippen molar-refractivity contribution in [2.24, 2.45) is 0 Å². The van der Waals surface area contributed by atoms with Crippen LogP contribution in [0.2, 0.25) is 0 Å². The molecule has 1 aromatic carbocycles. The van der Waals surface area contributed by atoms with E-state index in [1.807, 2.05) is 0 Å². The number of benzene rings is 1. The maximum Gasteiger partial charge on any atom is 0.0912 e. The molecule has 1 N–H and O–H groups in total. The largest absolute Gasteiger partial charge is 0.314 e. The van der Waals surface area contributed by atoms with E-state index in [2.05, 4.69) is 57.1 Å². The lowest BCUT2D eigenvalue weighted by Crippen LogP contribution is -2.45. The van der Waals surface area contributed by atoms with Crippen LogP contribution in [0.15, 0.2) is 24.3 Å². The second-order valence-electron chi connectivity index (χ2n) is 4.33. The Kier molecular flexibility index (Phi) is 7.44. The highest BCUT2D eigenvalue weighted by Gasteiger charge is 2.21. The van der Waals surface area contributed by atoms with E-state index < -0.39 is 0 Å². The molecule has 0 radical (unpaired) electrons. The summed E-state index contributed by atoms with van der Waals surface area (Å²) in [5.41, 5.74) is 1.24. The zero-order valence-electron chi connectivity index (χ0n) is 10.2. The highest BCUT2D eigenvalue weighted by molar-refractivity contribution is 14.1. The predicted molar refractivity (Wildman–Crippen MR) is 84.2 cm³/mol. The van der Waals surface area contributed by atoms with E-state index in [-0.39, 0.29) is 25.1 Å². The third-order valence-corrected chi connectivity index (χ3v) is 3.95. The van der Waals surface area contributed by atoms with Gasteiger partial charge >= 0.3 is 0 Å². The molecule has 0 bridgehead atoms. The number of halogens is 3. The van der Waals surface area contributed by atoms with Gasteiger partial charge in [-0.25, -0.2) is 0 Å². The first kappa shape index (κ1) is 16.1. The molecule has 1 fully saturated rings. The summed E-state index contributed by atoms with van der Waals surface area (Å²) in [6.07, 6.45) is 0.598. The topological polar surface area (TPSA) is 15.3 Å². The van der Waals surface area contributed by atoms with Crippen LogP contribution < -0.4 is 5.32 Å². The Morgan fingerprint density at radius 2 is 1.83 bits per heavy atom. The molecule has 1 heterocycles. The van der Waals surface area contributed by atoms with Crippen LogP contribution in [0.25, 0.3) is 0 Å². The predicted octanol–water partition coefficient (Wildman–Crippen LogP) is 3.02. The average Bonchev–Trinajstić information content (AvgIpc) is 2.38. The Hall–Kier alpha value is 0.0900. The van der Waals surface area contributed by atoms with Gasteiger partial charge in [-0.15, -0.1) is 12.4 Å². The Labute approximate surface area is 128 Å². The smallest absolute Gasteiger partial charge is 0.0912 e. The van der Waals surface area contributed by atoms with E-state index in [0.29, 0.717) is 6.42 Å². The fraction of sp³-hybridized carbons (Fsp3) is 0.538. The Morgan fingerprint density at radius 3 is 2.39 bits per heavy atom. The van der Waals surface area contributed by atoms with Gasteiger partial charge in [0.2, 0.25) is 0 Å². The normalized spacial score (nSPS) is 18.1. The minimum atomic E-state index is -0.249. The number of hydrogen-bond donors (Lipinski definition) is 1. The second kappa shape index (κ2) is 8.30. The van der Waals surface area contributed by atoms with Gasteiger partial charge in [0.25, 0.3) is 0 Å². The molecule has 18 heavy (non-hydrogen) atoms. The molecular formula is C13H19ClFIN2. The average molecular weight is 385 g/mol. The molecular weight excluding hydrogens is 366 g/mol. The summed E-state index contributed by atoms with van der Waals surface area (Å²) >= 11 is 2.30. The maximum atomic E-state index is 12.7. The van der Waals surface area contributed by atoms with Crippen LogP contribution in [0.4, 0.5) is 4.39 Å². The van der Waals surface area contributed by atoms with Crippen molar-refractivity contribution in [3.05, 3.63) is 33.4 Å². The first-order chi connectivity index (χ1) is 8.31. The van der Waals surface area contributed by atoms with E-state index in [1.165, 1.54) is 9.13 Å². The number of nitrogens with zero attached hydrogens (tertiary/aromatic N) is 1. The molecule has 0 saturated carbocycles. The van der Waals surface area contributed by atoms with Crippen LogP contribution in [0.1, 0.15) is 18.0 Å². The van der Waals surface area contributed by atoms with Crippen molar-refractivity contribution in [3.8, 4) is 0 Å². The fourth-order valence-corrected chi connectivity index (χ4v) is 2.70. The van der Waals surface area contributed by atoms with Gasteiger partial charge in [-0.2, -0.15) is 0 Å². The molecule has 0 aromatic heterocycles. The van der Waals surface area contributed by atoms with Crippen molar-refractivity contribution >= 4 is 35.0 Å². The SMILES string of the molecule is Cl.FCC[C@@H](c1ccc(I)cc1)N1CCNCC1. The summed E-state index contributed by atoms with van der Waals surface area (Å²) in [7, 11) is 0. The van der Waals surface area contributed by atoms with Gasteiger partial charge in [0.05, 0.1) is 6.67 Å². The minimum absolute atomic E-state index is 0. The van der Waals surface area contributed by atoms with Gasteiger partial charge in [0.15, 0.2) is 0 Å². The van der Waals surface area contributed by atoms with Crippen LogP contribution in [0.5, 0.6) is 0 Å². The lowest BCUT2D eigenvalue weighted by Gasteiger charge is -2.34. The number of alkyl halides is 1. The minimum Gasteiger partial charge on any atom is -0.314 e. The van der Waals surface area contributed by atoms with Crippen molar-refractivity contribution in [1.82, 2.24) is 10.2 Å². The molecule has 1 aromatic rings. The van der Waals surface area contributed by atoms with E-state index in [1.54, 1.807) is 0 Å². The zero-order chi connectivity index (χ0) is 12.1. The van der Waals surface area contributed by atoms with Crippen molar-refractivity contribution in [2.75, 3.05) is 32.9 Å². The molecule has 2 rings (SSSR count). The number of rotatable bonds is 4. The van der Waals surface area contributed by atoms with Crippen molar-refractivity contribution in [1.29, 1.82) is 0 Å². The van der Waals surface area contributed by atoms with Crippen molar-refractivity contribution in [3.63, 3.8) is 0 Å². The highest BCUT2D eigenvalue weighted by atomic mass is 127. The van der Waals surface area contributed by atoms with E-state index >= 15 is 0 Å². The van der Waals surface area contributed by atoms with Gasteiger partial charge in [0, 0.05) is 35.8 Å². The molecule has 5 heteroatoms. The van der Waals surface area contributed by atoms with Gasteiger partial charge in [-0.05, 0) is 46.7 Å². The summed E-state index contributed by atoms with van der Waals surface area (Å²) in [5, 5.41) is 3.34.